The van der Waals surface area contributed by atoms with Crippen LogP contribution in [0.15, 0.2) is 63.7 Å². The molecule has 5 nitrogen and oxygen atoms in total. The van der Waals surface area contributed by atoms with E-state index in [2.05, 4.69) is 22.0 Å². The van der Waals surface area contributed by atoms with Gasteiger partial charge in [0.25, 0.3) is 0 Å². The van der Waals surface area contributed by atoms with Gasteiger partial charge in [-0.1, -0.05) is 35.3 Å². The van der Waals surface area contributed by atoms with Gasteiger partial charge in [0.2, 0.25) is 5.88 Å². The molecule has 0 saturated carbocycles. The van der Waals surface area contributed by atoms with E-state index in [1.54, 1.807) is 18.2 Å². The maximum absolute atomic E-state index is 12.7. The molecule has 0 unspecified atom stereocenters. The molecule has 0 bridgehead atoms. The van der Waals surface area contributed by atoms with Gasteiger partial charge in [0.15, 0.2) is 5.78 Å². The molecule has 1 aliphatic carbocycles. The van der Waals surface area contributed by atoms with Gasteiger partial charge in [0.1, 0.15) is 29.8 Å². The van der Waals surface area contributed by atoms with E-state index in [0.717, 1.165) is 11.1 Å². The standard InChI is InChI=1S/C23H17BrCl2N2O3/c24-16-8-12(5-7-19(16)30-11-13-4-6-14(25)9-17(13)26)21-15(10-27)23(28)31-20-3-1-2-18(29)22(20)21/h4-9,21H,1-3,11,28H2/t21-/m0/s1. The van der Waals surface area contributed by atoms with E-state index < -0.39 is 5.92 Å². The van der Waals surface area contributed by atoms with Crippen LogP contribution in [-0.4, -0.2) is 5.78 Å². The van der Waals surface area contributed by atoms with E-state index >= 15 is 0 Å². The maximum Gasteiger partial charge on any atom is 0.205 e. The van der Waals surface area contributed by atoms with Gasteiger partial charge in [-0.25, -0.2) is 0 Å². The van der Waals surface area contributed by atoms with Crippen LogP contribution in [0.25, 0.3) is 0 Å². The first kappa shape index (κ1) is 21.8. The van der Waals surface area contributed by atoms with Crippen LogP contribution in [0.2, 0.25) is 10.0 Å². The molecule has 31 heavy (non-hydrogen) atoms. The third-order valence-electron chi connectivity index (χ3n) is 5.29. The van der Waals surface area contributed by atoms with Crippen LogP contribution in [0.5, 0.6) is 5.75 Å². The molecule has 0 amide bonds. The van der Waals surface area contributed by atoms with Crippen molar-refractivity contribution < 1.29 is 14.3 Å². The fourth-order valence-electron chi connectivity index (χ4n) is 3.80. The van der Waals surface area contributed by atoms with E-state index in [4.69, 9.17) is 38.4 Å². The normalized spacial score (nSPS) is 18.4. The Hall–Kier alpha value is -2.46. The van der Waals surface area contributed by atoms with Crippen molar-refractivity contribution in [1.29, 1.82) is 5.26 Å². The monoisotopic (exact) mass is 518 g/mol. The summed E-state index contributed by atoms with van der Waals surface area (Å²) in [6.07, 6.45) is 1.77. The zero-order valence-electron chi connectivity index (χ0n) is 16.3. The van der Waals surface area contributed by atoms with Gasteiger partial charge in [0.05, 0.1) is 10.4 Å². The number of halogens is 3. The Morgan fingerprint density at radius 1 is 1.23 bits per heavy atom. The Kier molecular flexibility index (Phi) is 6.29. The van der Waals surface area contributed by atoms with E-state index in [-0.39, 0.29) is 23.8 Å². The van der Waals surface area contributed by atoms with Crippen molar-refractivity contribution in [1.82, 2.24) is 0 Å². The molecule has 0 aromatic heterocycles. The molecular formula is C23H17BrCl2N2O3. The highest BCUT2D eigenvalue weighted by molar-refractivity contribution is 9.10. The molecule has 8 heteroatoms. The van der Waals surface area contributed by atoms with Gasteiger partial charge in [-0.15, -0.1) is 0 Å². The number of nitrogens with two attached hydrogens (primary N) is 1. The Labute approximate surface area is 198 Å². The van der Waals surface area contributed by atoms with E-state index in [0.29, 0.717) is 50.9 Å². The van der Waals surface area contributed by atoms with Crippen molar-refractivity contribution in [2.45, 2.75) is 31.8 Å². The van der Waals surface area contributed by atoms with Crippen molar-refractivity contribution in [2.75, 3.05) is 0 Å². The molecule has 2 aromatic carbocycles. The summed E-state index contributed by atoms with van der Waals surface area (Å²) >= 11 is 15.7. The topological polar surface area (TPSA) is 85.3 Å². The van der Waals surface area contributed by atoms with Crippen LogP contribution in [0.1, 0.15) is 36.3 Å². The molecule has 4 rings (SSSR count). The summed E-state index contributed by atoms with van der Waals surface area (Å²) in [5.74, 6) is 0.640. The predicted octanol–water partition coefficient (Wildman–Crippen LogP) is 6.15. The van der Waals surface area contributed by atoms with Gasteiger partial charge in [-0.2, -0.15) is 5.26 Å². The van der Waals surface area contributed by atoms with Crippen molar-refractivity contribution in [3.05, 3.63) is 84.8 Å². The highest BCUT2D eigenvalue weighted by Gasteiger charge is 2.38. The van der Waals surface area contributed by atoms with Crippen LogP contribution >= 0.6 is 39.1 Å². The molecule has 0 radical (unpaired) electrons. The largest absolute Gasteiger partial charge is 0.488 e. The lowest BCUT2D eigenvalue weighted by Gasteiger charge is -2.31. The van der Waals surface area contributed by atoms with Gasteiger partial charge >= 0.3 is 0 Å². The third-order valence-corrected chi connectivity index (χ3v) is 6.50. The quantitative estimate of drug-likeness (QED) is 0.523. The van der Waals surface area contributed by atoms with E-state index in [1.165, 1.54) is 0 Å². The number of rotatable bonds is 4. The van der Waals surface area contributed by atoms with Crippen molar-refractivity contribution in [3.8, 4) is 11.8 Å². The molecule has 1 atom stereocenters. The minimum atomic E-state index is -0.558. The average Bonchev–Trinajstić information content (AvgIpc) is 2.73. The fraction of sp³-hybridized carbons (Fsp3) is 0.217. The summed E-state index contributed by atoms with van der Waals surface area (Å²) in [6.45, 7) is 0.259. The predicted molar refractivity (Wildman–Crippen MR) is 121 cm³/mol. The summed E-state index contributed by atoms with van der Waals surface area (Å²) in [4.78, 5) is 12.7. The summed E-state index contributed by atoms with van der Waals surface area (Å²) in [7, 11) is 0. The number of nitriles is 1. The molecule has 0 saturated heterocycles. The molecule has 0 fully saturated rings. The second-order valence-corrected chi connectivity index (χ2v) is 8.95. The van der Waals surface area contributed by atoms with Gasteiger partial charge in [0, 0.05) is 34.0 Å². The van der Waals surface area contributed by atoms with Gasteiger partial charge in [-0.05, 0) is 52.2 Å². The van der Waals surface area contributed by atoms with Gasteiger partial charge < -0.3 is 15.2 Å². The number of benzene rings is 2. The summed E-state index contributed by atoms with van der Waals surface area (Å²) in [5.41, 5.74) is 8.32. The van der Waals surface area contributed by atoms with Crippen LogP contribution in [0.3, 0.4) is 0 Å². The molecule has 1 aliphatic heterocycles. The molecule has 2 aromatic rings. The highest BCUT2D eigenvalue weighted by atomic mass is 79.9. The number of carbonyl (C=O) groups is 1. The SMILES string of the molecule is N#CC1=C(N)OC2=C(C(=O)CCC2)[C@H]1c1ccc(OCc2ccc(Cl)cc2Cl)c(Br)c1. The minimum Gasteiger partial charge on any atom is -0.488 e. The number of hydrogen-bond acceptors (Lipinski definition) is 5. The molecule has 2 aliphatic rings. The van der Waals surface area contributed by atoms with Crippen LogP contribution in [-0.2, 0) is 16.1 Å². The Morgan fingerprint density at radius 2 is 2.03 bits per heavy atom. The number of hydrogen-bond donors (Lipinski definition) is 1. The molecule has 1 heterocycles. The Balaban J connectivity index is 1.64. The molecule has 0 spiro atoms. The van der Waals surface area contributed by atoms with Crippen molar-refractivity contribution >= 4 is 44.9 Å². The Morgan fingerprint density at radius 3 is 2.74 bits per heavy atom. The maximum atomic E-state index is 12.7. The van der Waals surface area contributed by atoms with Crippen LogP contribution in [0.4, 0.5) is 0 Å². The first-order chi connectivity index (χ1) is 14.9. The lowest BCUT2D eigenvalue weighted by atomic mass is 9.77. The number of ether oxygens (including phenoxy) is 2. The summed E-state index contributed by atoms with van der Waals surface area (Å²) in [6, 6.07) is 12.8. The minimum absolute atomic E-state index is 0.0136. The van der Waals surface area contributed by atoms with Crippen molar-refractivity contribution in [2.24, 2.45) is 5.73 Å². The first-order valence-corrected chi connectivity index (χ1v) is 11.1. The fourth-order valence-corrected chi connectivity index (χ4v) is 4.77. The number of Topliss-reactive ketones (excluding diaryl/α,β-unsaturated/α-hetero) is 1. The highest BCUT2D eigenvalue weighted by Crippen LogP contribution is 2.44. The number of allylic oxidation sites excluding steroid dienone is 3. The Bertz CT molecular complexity index is 1180. The molecule has 2 N–H and O–H groups in total. The average molecular weight is 520 g/mol. The number of carbonyl (C=O) groups excluding carboxylic acids is 1. The lowest BCUT2D eigenvalue weighted by molar-refractivity contribution is -0.116. The van der Waals surface area contributed by atoms with E-state index in [9.17, 15) is 10.1 Å². The second-order valence-electron chi connectivity index (χ2n) is 7.25. The van der Waals surface area contributed by atoms with Crippen LogP contribution < -0.4 is 10.5 Å². The molecule has 158 valence electrons. The third kappa shape index (κ3) is 4.31. The summed E-state index contributed by atoms with van der Waals surface area (Å²) < 4.78 is 12.2. The number of nitrogens with zero attached hydrogens (tertiary/aromatic N) is 1. The molecular weight excluding hydrogens is 503 g/mol. The number of ketones is 1. The van der Waals surface area contributed by atoms with Gasteiger partial charge in [-0.3, -0.25) is 4.79 Å². The summed E-state index contributed by atoms with van der Waals surface area (Å²) in [5, 5.41) is 10.8. The smallest absolute Gasteiger partial charge is 0.205 e. The zero-order valence-corrected chi connectivity index (χ0v) is 19.4. The lowest BCUT2D eigenvalue weighted by Crippen LogP contribution is -2.27. The first-order valence-electron chi connectivity index (χ1n) is 9.59. The van der Waals surface area contributed by atoms with Crippen molar-refractivity contribution in [3.63, 3.8) is 0 Å². The zero-order chi connectivity index (χ0) is 22.1. The van der Waals surface area contributed by atoms with E-state index in [1.807, 2.05) is 18.2 Å². The second kappa shape index (κ2) is 8.96. The van der Waals surface area contributed by atoms with Crippen LogP contribution in [0, 0.1) is 11.3 Å².